The van der Waals surface area contributed by atoms with Gasteiger partial charge in [-0.15, -0.1) is 0 Å². The first-order chi connectivity index (χ1) is 21.4. The van der Waals surface area contributed by atoms with Crippen molar-refractivity contribution in [3.63, 3.8) is 0 Å². The molecule has 4 heterocycles. The van der Waals surface area contributed by atoms with Gasteiger partial charge in [0.2, 0.25) is 0 Å². The number of anilines is 2. The van der Waals surface area contributed by atoms with E-state index in [1.54, 1.807) is 0 Å². The number of ether oxygens (including phenoxy) is 2. The highest BCUT2D eigenvalue weighted by atomic mass is 16.6. The highest BCUT2D eigenvalue weighted by Crippen LogP contribution is 2.37. The lowest BCUT2D eigenvalue weighted by Gasteiger charge is -2.48. The van der Waals surface area contributed by atoms with Crippen LogP contribution in [0.25, 0.3) is 10.8 Å². The van der Waals surface area contributed by atoms with Gasteiger partial charge in [0, 0.05) is 48.9 Å². The number of fused-ring (bicyclic) bond motifs is 2. The third-order valence-electron chi connectivity index (χ3n) is 9.72. The SMILES string of the molecule is CC1CCCN(C)[C@@H]1COc1nc2c(c(N3CCN(C(=O)OC(C)(C)C)CC3(C)C)n1)CCN(c1cccc3ccccc13)C2. The molecule has 0 saturated carbocycles. The molecular formula is C36H50N6O3. The van der Waals surface area contributed by atoms with Gasteiger partial charge in [-0.3, -0.25) is 4.90 Å². The predicted octanol–water partition coefficient (Wildman–Crippen LogP) is 6.14. The van der Waals surface area contributed by atoms with Crippen LogP contribution in [0.1, 0.15) is 65.6 Å². The molecule has 1 unspecified atom stereocenters. The molecule has 3 aromatic rings. The van der Waals surface area contributed by atoms with Crippen molar-refractivity contribution >= 4 is 28.4 Å². The molecule has 9 nitrogen and oxygen atoms in total. The van der Waals surface area contributed by atoms with Gasteiger partial charge in [0.05, 0.1) is 17.8 Å². The third kappa shape index (κ3) is 6.69. The quantitative estimate of drug-likeness (QED) is 0.340. The van der Waals surface area contributed by atoms with Crippen molar-refractivity contribution in [2.75, 3.05) is 56.2 Å². The van der Waals surface area contributed by atoms with Gasteiger partial charge in [-0.25, -0.2) is 4.79 Å². The summed E-state index contributed by atoms with van der Waals surface area (Å²) in [5.41, 5.74) is 2.53. The van der Waals surface area contributed by atoms with Gasteiger partial charge in [-0.05, 0) is 84.8 Å². The Balaban J connectivity index is 1.32. The number of amides is 1. The number of nitrogens with zero attached hydrogens (tertiary/aromatic N) is 6. The molecule has 1 amide bonds. The van der Waals surface area contributed by atoms with E-state index in [-0.39, 0.29) is 11.6 Å². The van der Waals surface area contributed by atoms with Crippen LogP contribution >= 0.6 is 0 Å². The molecule has 242 valence electrons. The van der Waals surface area contributed by atoms with Crippen molar-refractivity contribution in [1.82, 2.24) is 19.8 Å². The first kappa shape index (κ1) is 31.4. The van der Waals surface area contributed by atoms with Crippen LogP contribution in [0, 0.1) is 5.92 Å². The van der Waals surface area contributed by atoms with Gasteiger partial charge in [0.25, 0.3) is 0 Å². The van der Waals surface area contributed by atoms with Crippen molar-refractivity contribution in [3.05, 3.63) is 53.7 Å². The standard InChI is InChI=1S/C36H50N6O3/c1-25-12-11-18-39(7)31(25)23-44-33-37-29-22-40(30-16-10-14-26-13-8-9-15-27(26)30)19-17-28(29)32(38-33)42-21-20-41(24-36(42,5)6)34(43)45-35(2,3)4/h8-10,13-16,25,31H,11-12,17-24H2,1-7H3/t25?,31-/m1/s1. The fourth-order valence-corrected chi connectivity index (χ4v) is 7.30. The highest BCUT2D eigenvalue weighted by molar-refractivity contribution is 5.94. The van der Waals surface area contributed by atoms with E-state index in [0.717, 1.165) is 31.0 Å². The maximum Gasteiger partial charge on any atom is 0.410 e. The van der Waals surface area contributed by atoms with Crippen molar-refractivity contribution < 1.29 is 14.3 Å². The van der Waals surface area contributed by atoms with Crippen LogP contribution in [0.3, 0.4) is 0 Å². The number of benzene rings is 2. The number of rotatable bonds is 5. The largest absolute Gasteiger partial charge is 0.462 e. The Morgan fingerprint density at radius 1 is 1.02 bits per heavy atom. The van der Waals surface area contributed by atoms with Gasteiger partial charge in [-0.1, -0.05) is 43.3 Å². The average Bonchev–Trinajstić information content (AvgIpc) is 2.98. The lowest BCUT2D eigenvalue weighted by atomic mass is 9.92. The minimum absolute atomic E-state index is 0.264. The molecule has 0 radical (unpaired) electrons. The van der Waals surface area contributed by atoms with Crippen molar-refractivity contribution in [2.24, 2.45) is 5.92 Å². The van der Waals surface area contributed by atoms with E-state index < -0.39 is 5.60 Å². The number of piperazine rings is 1. The molecule has 2 saturated heterocycles. The van der Waals surface area contributed by atoms with Crippen LogP contribution in [-0.4, -0.2) is 89.4 Å². The number of hydrogen-bond acceptors (Lipinski definition) is 8. The van der Waals surface area contributed by atoms with E-state index in [1.165, 1.54) is 34.9 Å². The molecule has 3 aliphatic heterocycles. The summed E-state index contributed by atoms with van der Waals surface area (Å²) in [6.45, 7) is 17.4. The number of aromatic nitrogens is 2. The third-order valence-corrected chi connectivity index (χ3v) is 9.72. The molecule has 2 aromatic carbocycles. The molecular weight excluding hydrogens is 564 g/mol. The fourth-order valence-electron chi connectivity index (χ4n) is 7.30. The second-order valence-electron chi connectivity index (χ2n) is 14.8. The molecule has 2 fully saturated rings. The monoisotopic (exact) mass is 614 g/mol. The van der Waals surface area contributed by atoms with Crippen molar-refractivity contribution in [3.8, 4) is 6.01 Å². The summed E-state index contributed by atoms with van der Waals surface area (Å²) in [7, 11) is 2.19. The lowest BCUT2D eigenvalue weighted by Crippen LogP contribution is -2.61. The first-order valence-electron chi connectivity index (χ1n) is 16.6. The summed E-state index contributed by atoms with van der Waals surface area (Å²) in [4.78, 5) is 32.3. The number of carbonyl (C=O) groups is 1. The van der Waals surface area contributed by atoms with Gasteiger partial charge in [0.1, 0.15) is 18.0 Å². The average molecular weight is 615 g/mol. The minimum Gasteiger partial charge on any atom is -0.462 e. The van der Waals surface area contributed by atoms with Crippen molar-refractivity contribution in [2.45, 2.75) is 84.5 Å². The number of carbonyl (C=O) groups excluding carboxylic acids is 1. The Morgan fingerprint density at radius 2 is 1.80 bits per heavy atom. The molecule has 1 aromatic heterocycles. The number of likely N-dealkylation sites (tertiary alicyclic amines) is 1. The first-order valence-corrected chi connectivity index (χ1v) is 16.6. The van der Waals surface area contributed by atoms with Crippen LogP contribution in [0.5, 0.6) is 6.01 Å². The van der Waals surface area contributed by atoms with Crippen LogP contribution in [0.4, 0.5) is 16.3 Å². The molecule has 9 heteroatoms. The smallest absolute Gasteiger partial charge is 0.410 e. The van der Waals surface area contributed by atoms with E-state index >= 15 is 0 Å². The Bertz CT molecular complexity index is 1520. The summed E-state index contributed by atoms with van der Waals surface area (Å²) in [6.07, 6.45) is 3.01. The molecule has 2 atom stereocenters. The van der Waals surface area contributed by atoms with Crippen LogP contribution < -0.4 is 14.5 Å². The van der Waals surface area contributed by atoms with Crippen LogP contribution in [0.15, 0.2) is 42.5 Å². The Kier molecular flexibility index (Phi) is 8.59. The molecule has 3 aliphatic rings. The number of likely N-dealkylation sites (N-methyl/N-ethyl adjacent to an activating group) is 1. The van der Waals surface area contributed by atoms with Gasteiger partial charge < -0.3 is 24.2 Å². The lowest BCUT2D eigenvalue weighted by molar-refractivity contribution is 0.0178. The highest BCUT2D eigenvalue weighted by Gasteiger charge is 2.40. The zero-order valence-corrected chi connectivity index (χ0v) is 28.2. The minimum atomic E-state index is -0.532. The Labute approximate surface area is 268 Å². The molecule has 0 bridgehead atoms. The van der Waals surface area contributed by atoms with Gasteiger partial charge >= 0.3 is 12.1 Å². The molecule has 45 heavy (non-hydrogen) atoms. The van der Waals surface area contributed by atoms with E-state index in [1.807, 2.05) is 25.7 Å². The fraction of sp³-hybridized carbons (Fsp3) is 0.583. The molecule has 0 aliphatic carbocycles. The van der Waals surface area contributed by atoms with E-state index in [2.05, 4.69) is 85.0 Å². The summed E-state index contributed by atoms with van der Waals surface area (Å²) in [5.74, 6) is 1.49. The van der Waals surface area contributed by atoms with Gasteiger partial charge in [0.15, 0.2) is 0 Å². The second kappa shape index (κ2) is 12.3. The summed E-state index contributed by atoms with van der Waals surface area (Å²) < 4.78 is 12.2. The van der Waals surface area contributed by atoms with E-state index in [0.29, 0.717) is 50.8 Å². The normalized spacial score (nSPS) is 22.3. The molecule has 6 rings (SSSR count). The molecule has 0 N–H and O–H groups in total. The zero-order chi connectivity index (χ0) is 31.9. The summed E-state index contributed by atoms with van der Waals surface area (Å²) in [5, 5.41) is 2.49. The Morgan fingerprint density at radius 3 is 2.56 bits per heavy atom. The number of hydrogen-bond donors (Lipinski definition) is 0. The zero-order valence-electron chi connectivity index (χ0n) is 28.2. The van der Waals surface area contributed by atoms with Crippen LogP contribution in [-0.2, 0) is 17.7 Å². The predicted molar refractivity (Wildman–Crippen MR) is 180 cm³/mol. The van der Waals surface area contributed by atoms with E-state index in [4.69, 9.17) is 19.4 Å². The topological polar surface area (TPSA) is 74.3 Å². The van der Waals surface area contributed by atoms with Crippen molar-refractivity contribution in [1.29, 1.82) is 0 Å². The van der Waals surface area contributed by atoms with Gasteiger partial charge in [-0.2, -0.15) is 9.97 Å². The summed E-state index contributed by atoms with van der Waals surface area (Å²) in [6, 6.07) is 15.9. The van der Waals surface area contributed by atoms with Crippen LogP contribution in [0.2, 0.25) is 0 Å². The number of piperidine rings is 1. The second-order valence-corrected chi connectivity index (χ2v) is 14.8. The summed E-state index contributed by atoms with van der Waals surface area (Å²) >= 11 is 0. The maximum atomic E-state index is 13.0. The van der Waals surface area contributed by atoms with E-state index in [9.17, 15) is 4.79 Å². The molecule has 0 spiro atoms. The Hall–Kier alpha value is -3.59. The maximum absolute atomic E-state index is 13.0.